The smallest absolute Gasteiger partial charge is 0.181 e. The van der Waals surface area contributed by atoms with Gasteiger partial charge < -0.3 is 10.7 Å². The van der Waals surface area contributed by atoms with Crippen molar-refractivity contribution < 1.29 is 0 Å². The van der Waals surface area contributed by atoms with Gasteiger partial charge in [-0.3, -0.25) is 0 Å². The Bertz CT molecular complexity index is 187. The van der Waals surface area contributed by atoms with Crippen LogP contribution in [0, 0.1) is 5.41 Å². The Hall–Kier alpha value is -0.350. The molecule has 0 saturated heterocycles. The molecule has 78 valence electrons. The van der Waals surface area contributed by atoms with E-state index in [2.05, 4.69) is 45.4 Å². The zero-order chi connectivity index (χ0) is 10.7. The van der Waals surface area contributed by atoms with Crippen LogP contribution in [0.2, 0.25) is 0 Å². The van der Waals surface area contributed by atoms with Crippen molar-refractivity contribution in [2.75, 3.05) is 0 Å². The molecule has 0 fully saturated rings. The number of rotatable bonds is 3. The van der Waals surface area contributed by atoms with Crippen LogP contribution in [0.1, 0.15) is 41.0 Å². The number of nitrogens with two attached hydrogens (primary N) is 1. The average Bonchev–Trinajstić information content (AvgIpc) is 2.03. The van der Waals surface area contributed by atoms with E-state index in [4.69, 9.17) is 18.1 Å². The molecule has 0 aliphatic rings. The topological polar surface area (TPSA) is 50.1 Å². The molecule has 0 aromatic carbocycles. The standard InChI is InChI=1S/C9H21N3S/c1-6-8(2,3)9(4,5)11-7(13)12-10/h6,10H2,1-5H3,(H2,11,12,13). The fraction of sp³-hybridized carbons (Fsp3) is 0.889. The molecule has 4 heteroatoms. The van der Waals surface area contributed by atoms with Crippen molar-refractivity contribution in [2.24, 2.45) is 11.3 Å². The molecular weight excluding hydrogens is 182 g/mol. The number of hydrogen-bond donors (Lipinski definition) is 3. The second kappa shape index (κ2) is 4.24. The van der Waals surface area contributed by atoms with Crippen LogP contribution >= 0.6 is 12.2 Å². The number of hydrazine groups is 1. The Kier molecular flexibility index (Phi) is 4.13. The zero-order valence-corrected chi connectivity index (χ0v) is 10.0. The Labute approximate surface area is 86.4 Å². The highest BCUT2D eigenvalue weighted by Gasteiger charge is 2.35. The zero-order valence-electron chi connectivity index (χ0n) is 9.19. The lowest BCUT2D eigenvalue weighted by Crippen LogP contribution is -2.57. The largest absolute Gasteiger partial charge is 0.356 e. The van der Waals surface area contributed by atoms with E-state index in [0.29, 0.717) is 5.11 Å². The van der Waals surface area contributed by atoms with Crippen molar-refractivity contribution in [3.05, 3.63) is 0 Å². The molecule has 0 aromatic rings. The van der Waals surface area contributed by atoms with Gasteiger partial charge in [0.15, 0.2) is 5.11 Å². The van der Waals surface area contributed by atoms with Crippen molar-refractivity contribution >= 4 is 17.3 Å². The first-order chi connectivity index (χ1) is 5.77. The van der Waals surface area contributed by atoms with Gasteiger partial charge >= 0.3 is 0 Å². The third kappa shape index (κ3) is 3.12. The van der Waals surface area contributed by atoms with E-state index in [1.165, 1.54) is 0 Å². The second-order valence-electron chi connectivity index (χ2n) is 4.46. The van der Waals surface area contributed by atoms with Gasteiger partial charge in [-0.15, -0.1) is 0 Å². The molecule has 0 spiro atoms. The van der Waals surface area contributed by atoms with Crippen molar-refractivity contribution in [1.29, 1.82) is 0 Å². The minimum atomic E-state index is -0.0643. The predicted octanol–water partition coefficient (Wildman–Crippen LogP) is 1.54. The highest BCUT2D eigenvalue weighted by Crippen LogP contribution is 2.33. The Morgan fingerprint density at radius 3 is 2.08 bits per heavy atom. The Morgan fingerprint density at radius 1 is 1.31 bits per heavy atom. The third-order valence-electron chi connectivity index (χ3n) is 3.13. The number of thiocarbonyl (C=S) groups is 1. The van der Waals surface area contributed by atoms with Crippen molar-refractivity contribution in [1.82, 2.24) is 10.7 Å². The molecule has 0 bridgehead atoms. The molecule has 0 amide bonds. The molecule has 0 saturated carbocycles. The summed E-state index contributed by atoms with van der Waals surface area (Å²) in [6, 6.07) is 0. The highest BCUT2D eigenvalue weighted by molar-refractivity contribution is 7.80. The summed E-state index contributed by atoms with van der Waals surface area (Å²) < 4.78 is 0. The fourth-order valence-corrected chi connectivity index (χ4v) is 1.19. The van der Waals surface area contributed by atoms with Crippen LogP contribution in [0.4, 0.5) is 0 Å². The van der Waals surface area contributed by atoms with E-state index < -0.39 is 0 Å². The molecular formula is C9H21N3S. The predicted molar refractivity (Wildman–Crippen MR) is 61.2 cm³/mol. The molecule has 0 radical (unpaired) electrons. The molecule has 13 heavy (non-hydrogen) atoms. The molecule has 4 N–H and O–H groups in total. The third-order valence-corrected chi connectivity index (χ3v) is 3.35. The normalized spacial score (nSPS) is 12.5. The highest BCUT2D eigenvalue weighted by atomic mass is 32.1. The molecule has 0 aliphatic heterocycles. The van der Waals surface area contributed by atoms with Crippen LogP contribution < -0.4 is 16.6 Å². The summed E-state index contributed by atoms with van der Waals surface area (Å²) in [7, 11) is 0. The maximum Gasteiger partial charge on any atom is 0.181 e. The second-order valence-corrected chi connectivity index (χ2v) is 4.87. The van der Waals surface area contributed by atoms with Gasteiger partial charge in [0.05, 0.1) is 0 Å². The quantitative estimate of drug-likeness (QED) is 0.370. The number of hydrogen-bond acceptors (Lipinski definition) is 2. The summed E-state index contributed by atoms with van der Waals surface area (Å²) in [6.45, 7) is 10.8. The summed E-state index contributed by atoms with van der Waals surface area (Å²) >= 11 is 4.97. The summed E-state index contributed by atoms with van der Waals surface area (Å²) in [4.78, 5) is 0. The van der Waals surface area contributed by atoms with Gasteiger partial charge in [0, 0.05) is 5.54 Å². The lowest BCUT2D eigenvalue weighted by Gasteiger charge is -2.42. The van der Waals surface area contributed by atoms with Gasteiger partial charge in [-0.2, -0.15) is 0 Å². The molecule has 0 atom stereocenters. The van der Waals surface area contributed by atoms with Crippen LogP contribution in [0.5, 0.6) is 0 Å². The molecule has 0 aromatic heterocycles. The van der Waals surface area contributed by atoms with Crippen LogP contribution in [0.3, 0.4) is 0 Å². The SMILES string of the molecule is CCC(C)(C)C(C)(C)NC(=S)NN. The summed E-state index contributed by atoms with van der Waals surface area (Å²) in [5.74, 6) is 5.21. The molecule has 3 nitrogen and oxygen atoms in total. The van der Waals surface area contributed by atoms with Gasteiger partial charge in [0.2, 0.25) is 0 Å². The fourth-order valence-electron chi connectivity index (χ4n) is 0.931. The van der Waals surface area contributed by atoms with Gasteiger partial charge in [-0.05, 0) is 37.9 Å². The maximum absolute atomic E-state index is 5.21. The summed E-state index contributed by atoms with van der Waals surface area (Å²) in [5, 5.41) is 3.68. The van der Waals surface area contributed by atoms with Gasteiger partial charge in [0.1, 0.15) is 0 Å². The van der Waals surface area contributed by atoms with Crippen LogP contribution in [0.15, 0.2) is 0 Å². The Balaban J connectivity index is 4.47. The molecule has 0 unspecified atom stereocenters. The van der Waals surface area contributed by atoms with E-state index >= 15 is 0 Å². The van der Waals surface area contributed by atoms with Gasteiger partial charge in [0.25, 0.3) is 0 Å². The van der Waals surface area contributed by atoms with Gasteiger partial charge in [-0.25, -0.2) is 5.84 Å². The van der Waals surface area contributed by atoms with E-state index in [-0.39, 0.29) is 11.0 Å². The first kappa shape index (κ1) is 12.7. The maximum atomic E-state index is 5.21. The lowest BCUT2D eigenvalue weighted by molar-refractivity contribution is 0.171. The number of nitrogens with one attached hydrogen (secondary N) is 2. The van der Waals surface area contributed by atoms with E-state index in [1.54, 1.807) is 0 Å². The summed E-state index contributed by atoms with van der Waals surface area (Å²) in [5.41, 5.74) is 2.55. The van der Waals surface area contributed by atoms with Crippen LogP contribution in [0.25, 0.3) is 0 Å². The average molecular weight is 203 g/mol. The minimum absolute atomic E-state index is 0.0643. The first-order valence-electron chi connectivity index (χ1n) is 4.55. The van der Waals surface area contributed by atoms with Crippen LogP contribution in [-0.4, -0.2) is 10.7 Å². The monoisotopic (exact) mass is 203 g/mol. The van der Waals surface area contributed by atoms with Crippen molar-refractivity contribution in [2.45, 2.75) is 46.6 Å². The summed E-state index contributed by atoms with van der Waals surface area (Å²) in [6.07, 6.45) is 1.08. The molecule has 0 aliphatic carbocycles. The lowest BCUT2D eigenvalue weighted by atomic mass is 9.73. The van der Waals surface area contributed by atoms with E-state index in [0.717, 1.165) is 6.42 Å². The van der Waals surface area contributed by atoms with Crippen molar-refractivity contribution in [3.63, 3.8) is 0 Å². The van der Waals surface area contributed by atoms with E-state index in [9.17, 15) is 0 Å². The Morgan fingerprint density at radius 2 is 1.77 bits per heavy atom. The molecule has 0 rings (SSSR count). The van der Waals surface area contributed by atoms with E-state index in [1.807, 2.05) is 0 Å². The minimum Gasteiger partial charge on any atom is -0.356 e. The molecule has 0 heterocycles. The van der Waals surface area contributed by atoms with Crippen LogP contribution in [-0.2, 0) is 0 Å². The first-order valence-corrected chi connectivity index (χ1v) is 4.96. The van der Waals surface area contributed by atoms with Gasteiger partial charge in [-0.1, -0.05) is 20.8 Å². The van der Waals surface area contributed by atoms with Crippen molar-refractivity contribution in [3.8, 4) is 0 Å².